The van der Waals surface area contributed by atoms with Crippen LogP contribution in [-0.2, 0) is 4.79 Å². The third kappa shape index (κ3) is 4.70. The summed E-state index contributed by atoms with van der Waals surface area (Å²) in [5.41, 5.74) is 0.282. The Labute approximate surface area is 109 Å². The molecule has 2 unspecified atom stereocenters. The first-order valence-corrected chi connectivity index (χ1v) is 8.29. The van der Waals surface area contributed by atoms with Gasteiger partial charge < -0.3 is 0 Å². The Morgan fingerprint density at radius 3 is 2.44 bits per heavy atom. The van der Waals surface area contributed by atoms with Gasteiger partial charge in [-0.05, 0) is 18.3 Å². The molecule has 1 aliphatic heterocycles. The number of hydrogen-bond acceptors (Lipinski definition) is 3. The zero-order chi connectivity index (χ0) is 12.2. The number of carbonyl (C=O) groups is 1. The molecule has 0 spiro atoms. The molecular formula is C13H24OS2. The molecule has 0 radical (unpaired) electrons. The second-order valence-electron chi connectivity index (χ2n) is 5.64. The molecule has 0 aliphatic carbocycles. The molecule has 1 heterocycles. The van der Waals surface area contributed by atoms with Gasteiger partial charge in [-0.2, -0.15) is 11.8 Å². The zero-order valence-corrected chi connectivity index (χ0v) is 12.5. The summed E-state index contributed by atoms with van der Waals surface area (Å²) in [6.45, 7) is 8.83. The summed E-state index contributed by atoms with van der Waals surface area (Å²) < 4.78 is 0. The van der Waals surface area contributed by atoms with E-state index in [0.29, 0.717) is 11.0 Å². The maximum absolute atomic E-state index is 12.2. The van der Waals surface area contributed by atoms with Crippen molar-refractivity contribution in [1.29, 1.82) is 0 Å². The Hall–Kier alpha value is 0.370. The van der Waals surface area contributed by atoms with Gasteiger partial charge in [0, 0.05) is 23.2 Å². The van der Waals surface area contributed by atoms with Crippen molar-refractivity contribution in [2.75, 3.05) is 11.5 Å². The minimum Gasteiger partial charge on any atom is -0.298 e. The lowest BCUT2D eigenvalue weighted by Crippen LogP contribution is -2.33. The van der Waals surface area contributed by atoms with Gasteiger partial charge in [0.2, 0.25) is 0 Å². The van der Waals surface area contributed by atoms with Crippen molar-refractivity contribution >= 4 is 29.3 Å². The molecule has 1 saturated heterocycles. The van der Waals surface area contributed by atoms with Crippen molar-refractivity contribution in [2.24, 2.45) is 5.41 Å². The van der Waals surface area contributed by atoms with Crippen LogP contribution in [-0.4, -0.2) is 27.8 Å². The Morgan fingerprint density at radius 2 is 1.88 bits per heavy atom. The van der Waals surface area contributed by atoms with E-state index in [-0.39, 0.29) is 10.7 Å². The summed E-state index contributed by atoms with van der Waals surface area (Å²) in [5.74, 6) is 2.85. The number of ketones is 1. The van der Waals surface area contributed by atoms with Gasteiger partial charge in [0.15, 0.2) is 0 Å². The van der Waals surface area contributed by atoms with Crippen molar-refractivity contribution in [3.05, 3.63) is 0 Å². The summed E-state index contributed by atoms with van der Waals surface area (Å²) in [4.78, 5) is 12.2. The number of Topliss-reactive ketones (excluding diaryl/α,β-unsaturated/α-hetero) is 1. The van der Waals surface area contributed by atoms with E-state index < -0.39 is 0 Å². The average molecular weight is 260 g/mol. The van der Waals surface area contributed by atoms with Crippen molar-refractivity contribution in [1.82, 2.24) is 0 Å². The van der Waals surface area contributed by atoms with Crippen molar-refractivity contribution in [3.63, 3.8) is 0 Å². The van der Waals surface area contributed by atoms with E-state index in [0.717, 1.165) is 25.0 Å². The van der Waals surface area contributed by atoms with Crippen molar-refractivity contribution < 1.29 is 4.79 Å². The zero-order valence-electron chi connectivity index (χ0n) is 10.9. The van der Waals surface area contributed by atoms with Crippen LogP contribution in [0.25, 0.3) is 0 Å². The van der Waals surface area contributed by atoms with E-state index in [9.17, 15) is 4.79 Å². The first-order valence-electron chi connectivity index (χ1n) is 6.20. The summed E-state index contributed by atoms with van der Waals surface area (Å²) >= 11 is 3.88. The highest BCUT2D eigenvalue weighted by atomic mass is 32.2. The SMILES string of the molecule is CCC1SCCSC1C(=O)CCC(C)(C)C. The molecular weight excluding hydrogens is 236 g/mol. The summed E-state index contributed by atoms with van der Waals surface area (Å²) in [6, 6.07) is 0. The second kappa shape index (κ2) is 6.34. The average Bonchev–Trinajstić information content (AvgIpc) is 2.25. The van der Waals surface area contributed by atoms with Crippen LogP contribution in [0.5, 0.6) is 0 Å². The molecule has 0 aromatic carbocycles. The molecule has 0 amide bonds. The van der Waals surface area contributed by atoms with Gasteiger partial charge in [0.05, 0.1) is 5.25 Å². The van der Waals surface area contributed by atoms with Crippen LogP contribution in [0.15, 0.2) is 0 Å². The van der Waals surface area contributed by atoms with Crippen molar-refractivity contribution in [2.45, 2.75) is 57.5 Å². The number of rotatable bonds is 4. The predicted octanol–water partition coefficient (Wildman–Crippen LogP) is 4.01. The fraction of sp³-hybridized carbons (Fsp3) is 0.923. The Balaban J connectivity index is 2.45. The summed E-state index contributed by atoms with van der Waals surface area (Å²) in [6.07, 6.45) is 2.91. The van der Waals surface area contributed by atoms with Gasteiger partial charge in [0.25, 0.3) is 0 Å². The summed E-state index contributed by atoms with van der Waals surface area (Å²) in [7, 11) is 0. The topological polar surface area (TPSA) is 17.1 Å². The highest BCUT2D eigenvalue weighted by Gasteiger charge is 2.30. The molecule has 0 saturated carbocycles. The lowest BCUT2D eigenvalue weighted by molar-refractivity contribution is -0.119. The largest absolute Gasteiger partial charge is 0.298 e. The first-order chi connectivity index (χ1) is 7.44. The van der Waals surface area contributed by atoms with E-state index in [1.165, 1.54) is 5.75 Å². The molecule has 1 aliphatic rings. The van der Waals surface area contributed by atoms with Crippen LogP contribution in [0.4, 0.5) is 0 Å². The Morgan fingerprint density at radius 1 is 1.25 bits per heavy atom. The highest BCUT2D eigenvalue weighted by molar-refractivity contribution is 8.07. The fourth-order valence-electron chi connectivity index (χ4n) is 1.84. The molecule has 2 atom stereocenters. The van der Waals surface area contributed by atoms with Crippen LogP contribution >= 0.6 is 23.5 Å². The number of thioether (sulfide) groups is 2. The van der Waals surface area contributed by atoms with Crippen LogP contribution in [0.2, 0.25) is 0 Å². The Kier molecular flexibility index (Phi) is 5.72. The molecule has 0 aromatic heterocycles. The maximum Gasteiger partial charge on any atom is 0.146 e. The van der Waals surface area contributed by atoms with Crippen molar-refractivity contribution in [3.8, 4) is 0 Å². The molecule has 1 nitrogen and oxygen atoms in total. The normalized spacial score (nSPS) is 26.8. The van der Waals surface area contributed by atoms with Gasteiger partial charge in [0.1, 0.15) is 5.78 Å². The van der Waals surface area contributed by atoms with Crippen LogP contribution in [0.1, 0.15) is 47.0 Å². The maximum atomic E-state index is 12.2. The smallest absolute Gasteiger partial charge is 0.146 e. The van der Waals surface area contributed by atoms with E-state index in [1.807, 2.05) is 23.5 Å². The number of carbonyl (C=O) groups excluding carboxylic acids is 1. The van der Waals surface area contributed by atoms with Gasteiger partial charge in [-0.1, -0.05) is 27.7 Å². The van der Waals surface area contributed by atoms with E-state index in [2.05, 4.69) is 27.7 Å². The summed E-state index contributed by atoms with van der Waals surface area (Å²) in [5, 5.41) is 0.831. The van der Waals surface area contributed by atoms with Crippen LogP contribution in [0.3, 0.4) is 0 Å². The molecule has 3 heteroatoms. The molecule has 94 valence electrons. The molecule has 0 aromatic rings. The van der Waals surface area contributed by atoms with Gasteiger partial charge in [-0.15, -0.1) is 11.8 Å². The van der Waals surface area contributed by atoms with Gasteiger partial charge >= 0.3 is 0 Å². The quantitative estimate of drug-likeness (QED) is 0.760. The lowest BCUT2D eigenvalue weighted by Gasteiger charge is -2.29. The minimum atomic E-state index is 0.270. The second-order valence-corrected chi connectivity index (χ2v) is 8.23. The third-order valence-electron chi connectivity index (χ3n) is 2.89. The monoisotopic (exact) mass is 260 g/mol. The van der Waals surface area contributed by atoms with E-state index in [1.54, 1.807) is 0 Å². The molecule has 1 rings (SSSR count). The standard InChI is InChI=1S/C13H24OS2/c1-5-11-12(16-9-8-15-11)10(14)6-7-13(2,3)4/h11-12H,5-9H2,1-4H3. The van der Waals surface area contributed by atoms with Gasteiger partial charge in [-0.25, -0.2) is 0 Å². The first kappa shape index (κ1) is 14.4. The highest BCUT2D eigenvalue weighted by Crippen LogP contribution is 2.35. The van der Waals surface area contributed by atoms with E-state index in [4.69, 9.17) is 0 Å². The minimum absolute atomic E-state index is 0.270. The van der Waals surface area contributed by atoms with Gasteiger partial charge in [-0.3, -0.25) is 4.79 Å². The fourth-order valence-corrected chi connectivity index (χ4v) is 4.91. The molecule has 0 N–H and O–H groups in total. The third-order valence-corrected chi connectivity index (χ3v) is 6.19. The van der Waals surface area contributed by atoms with Crippen LogP contribution < -0.4 is 0 Å². The van der Waals surface area contributed by atoms with E-state index >= 15 is 0 Å². The molecule has 0 bridgehead atoms. The van der Waals surface area contributed by atoms with Crippen LogP contribution in [0, 0.1) is 5.41 Å². The number of hydrogen-bond donors (Lipinski definition) is 0. The predicted molar refractivity (Wildman–Crippen MR) is 76.5 cm³/mol. The molecule has 1 fully saturated rings. The lowest BCUT2D eigenvalue weighted by atomic mass is 9.89. The molecule has 16 heavy (non-hydrogen) atoms. The Bertz CT molecular complexity index is 233.